The van der Waals surface area contributed by atoms with Crippen LogP contribution in [0.2, 0.25) is 5.02 Å². The third-order valence-electron chi connectivity index (χ3n) is 3.28. The number of nitrogens with one attached hydrogen (secondary N) is 2. The van der Waals surface area contributed by atoms with E-state index >= 15 is 0 Å². The smallest absolute Gasteiger partial charge is 0.269 e. The van der Waals surface area contributed by atoms with Crippen LogP contribution in [0.3, 0.4) is 0 Å². The summed E-state index contributed by atoms with van der Waals surface area (Å²) >= 11 is 5.74. The van der Waals surface area contributed by atoms with Crippen molar-refractivity contribution in [1.82, 2.24) is 15.8 Å². The predicted octanol–water partition coefficient (Wildman–Crippen LogP) is 2.01. The van der Waals surface area contributed by atoms with Gasteiger partial charge < -0.3 is 4.90 Å². The average Bonchev–Trinajstić information content (AvgIpc) is 2.96. The zero-order valence-corrected chi connectivity index (χ0v) is 13.2. The zero-order valence-electron chi connectivity index (χ0n) is 11.6. The Hall–Kier alpha value is -1.30. The molecule has 21 heavy (non-hydrogen) atoms. The summed E-state index contributed by atoms with van der Waals surface area (Å²) in [6.07, 6.45) is 2.80. The van der Waals surface area contributed by atoms with Crippen LogP contribution >= 0.6 is 24.0 Å². The first-order valence-electron chi connectivity index (χ1n) is 6.72. The first kappa shape index (κ1) is 17.8. The number of likely N-dealkylation sites (tertiary alicyclic amines) is 1. The monoisotopic (exact) mass is 331 g/mol. The van der Waals surface area contributed by atoms with Crippen LogP contribution < -0.4 is 10.9 Å². The zero-order chi connectivity index (χ0) is 14.4. The van der Waals surface area contributed by atoms with Crippen molar-refractivity contribution in [1.29, 1.82) is 0 Å². The van der Waals surface area contributed by atoms with Gasteiger partial charge in [0.05, 0.1) is 0 Å². The quantitative estimate of drug-likeness (QED) is 0.829. The molecule has 0 saturated carbocycles. The molecule has 0 atom stereocenters. The lowest BCUT2D eigenvalue weighted by atomic mass is 10.2. The molecule has 0 aromatic heterocycles. The van der Waals surface area contributed by atoms with Crippen LogP contribution in [0.15, 0.2) is 24.3 Å². The molecule has 1 aliphatic rings. The van der Waals surface area contributed by atoms with Crippen LogP contribution in [-0.4, -0.2) is 36.3 Å². The van der Waals surface area contributed by atoms with Crippen molar-refractivity contribution in [3.8, 4) is 0 Å². The highest BCUT2D eigenvalue weighted by atomic mass is 35.5. The van der Waals surface area contributed by atoms with Gasteiger partial charge >= 0.3 is 0 Å². The van der Waals surface area contributed by atoms with Gasteiger partial charge in [-0.25, -0.2) is 0 Å². The van der Waals surface area contributed by atoms with Crippen molar-refractivity contribution < 1.29 is 9.59 Å². The van der Waals surface area contributed by atoms with E-state index in [1.54, 1.807) is 24.3 Å². The molecule has 0 spiro atoms. The normalized spacial score (nSPS) is 14.3. The van der Waals surface area contributed by atoms with Gasteiger partial charge in [-0.2, -0.15) is 0 Å². The van der Waals surface area contributed by atoms with Gasteiger partial charge in [-0.15, -0.1) is 12.4 Å². The fourth-order valence-electron chi connectivity index (χ4n) is 2.13. The number of benzene rings is 1. The summed E-state index contributed by atoms with van der Waals surface area (Å²) < 4.78 is 0. The Balaban J connectivity index is 0.00000220. The number of halogens is 2. The lowest BCUT2D eigenvalue weighted by molar-refractivity contribution is -0.122. The molecule has 1 aliphatic heterocycles. The molecule has 0 aliphatic carbocycles. The van der Waals surface area contributed by atoms with Crippen molar-refractivity contribution in [3.63, 3.8) is 0 Å². The number of hydrazine groups is 1. The van der Waals surface area contributed by atoms with Crippen LogP contribution in [0.5, 0.6) is 0 Å². The topological polar surface area (TPSA) is 61.4 Å². The molecule has 7 heteroatoms. The molecule has 2 amide bonds. The molecule has 1 aromatic carbocycles. The van der Waals surface area contributed by atoms with E-state index < -0.39 is 0 Å². The van der Waals surface area contributed by atoms with Crippen molar-refractivity contribution in [2.45, 2.75) is 19.3 Å². The number of carbonyl (C=O) groups excluding carboxylic acids is 2. The summed E-state index contributed by atoms with van der Waals surface area (Å²) in [5, 5.41) is 0.566. The summed E-state index contributed by atoms with van der Waals surface area (Å²) in [7, 11) is 0. The highest BCUT2D eigenvalue weighted by molar-refractivity contribution is 6.30. The third-order valence-corrected chi connectivity index (χ3v) is 3.53. The minimum absolute atomic E-state index is 0. The van der Waals surface area contributed by atoms with Gasteiger partial charge in [0.15, 0.2) is 0 Å². The molecule has 1 saturated heterocycles. The van der Waals surface area contributed by atoms with Crippen LogP contribution in [0, 0.1) is 0 Å². The van der Waals surface area contributed by atoms with Crippen LogP contribution in [-0.2, 0) is 4.79 Å². The molecule has 116 valence electrons. The lowest BCUT2D eigenvalue weighted by Crippen LogP contribution is -2.42. The maximum absolute atomic E-state index is 11.7. The molecule has 0 bridgehead atoms. The number of amides is 2. The maximum Gasteiger partial charge on any atom is 0.269 e. The molecule has 0 unspecified atom stereocenters. The Kier molecular flexibility index (Phi) is 7.50. The van der Waals surface area contributed by atoms with E-state index in [0.29, 0.717) is 17.0 Å². The van der Waals surface area contributed by atoms with E-state index in [2.05, 4.69) is 15.8 Å². The summed E-state index contributed by atoms with van der Waals surface area (Å²) in [6.45, 7) is 2.86. The summed E-state index contributed by atoms with van der Waals surface area (Å²) in [5.74, 6) is -0.532. The predicted molar refractivity (Wildman–Crippen MR) is 84.6 cm³/mol. The number of rotatable bonds is 4. The van der Waals surface area contributed by atoms with Crippen LogP contribution in [0.25, 0.3) is 0 Å². The highest BCUT2D eigenvalue weighted by Gasteiger charge is 2.13. The van der Waals surface area contributed by atoms with E-state index in [9.17, 15) is 9.59 Å². The van der Waals surface area contributed by atoms with E-state index in [0.717, 1.165) is 19.6 Å². The Morgan fingerprint density at radius 1 is 1.10 bits per heavy atom. The fourth-order valence-corrected chi connectivity index (χ4v) is 2.25. The first-order chi connectivity index (χ1) is 9.65. The molecule has 1 aromatic rings. The van der Waals surface area contributed by atoms with E-state index in [-0.39, 0.29) is 24.2 Å². The third kappa shape index (κ3) is 5.91. The molecule has 1 heterocycles. The van der Waals surface area contributed by atoms with Crippen molar-refractivity contribution in [3.05, 3.63) is 34.9 Å². The fraction of sp³-hybridized carbons (Fsp3) is 0.429. The van der Waals surface area contributed by atoms with E-state index in [1.165, 1.54) is 12.8 Å². The van der Waals surface area contributed by atoms with Crippen LogP contribution in [0.1, 0.15) is 29.6 Å². The average molecular weight is 332 g/mol. The first-order valence-corrected chi connectivity index (χ1v) is 7.10. The second-order valence-electron chi connectivity index (χ2n) is 4.81. The molecule has 0 radical (unpaired) electrons. The molecule has 1 fully saturated rings. The standard InChI is InChI=1S/C14H18ClN3O2.ClH/c15-12-5-3-11(4-6-12)14(20)17-16-13(19)7-10-18-8-1-2-9-18;/h3-6H,1-2,7-10H2,(H,16,19)(H,17,20);1H. The van der Waals surface area contributed by atoms with Crippen molar-refractivity contribution >= 4 is 35.8 Å². The summed E-state index contributed by atoms with van der Waals surface area (Å²) in [4.78, 5) is 25.6. The Labute approximate surface area is 135 Å². The highest BCUT2D eigenvalue weighted by Crippen LogP contribution is 2.09. The second kappa shape index (κ2) is 8.87. The van der Waals surface area contributed by atoms with Crippen LogP contribution in [0.4, 0.5) is 0 Å². The Morgan fingerprint density at radius 2 is 1.71 bits per heavy atom. The Morgan fingerprint density at radius 3 is 2.33 bits per heavy atom. The molecule has 5 nitrogen and oxygen atoms in total. The number of hydrogen-bond donors (Lipinski definition) is 2. The number of nitrogens with zero attached hydrogens (tertiary/aromatic N) is 1. The van der Waals surface area contributed by atoms with Gasteiger partial charge in [-0.1, -0.05) is 11.6 Å². The molecule has 2 N–H and O–H groups in total. The molecular formula is C14H19Cl2N3O2. The largest absolute Gasteiger partial charge is 0.303 e. The van der Waals surface area contributed by atoms with E-state index in [4.69, 9.17) is 11.6 Å². The molecular weight excluding hydrogens is 313 g/mol. The van der Waals surface area contributed by atoms with Crippen molar-refractivity contribution in [2.75, 3.05) is 19.6 Å². The maximum atomic E-state index is 11.7. The minimum Gasteiger partial charge on any atom is -0.303 e. The Bertz CT molecular complexity index is 474. The van der Waals surface area contributed by atoms with Gasteiger partial charge in [0.25, 0.3) is 5.91 Å². The number of hydrogen-bond acceptors (Lipinski definition) is 3. The minimum atomic E-state index is -0.351. The number of carbonyl (C=O) groups is 2. The second-order valence-corrected chi connectivity index (χ2v) is 5.24. The van der Waals surface area contributed by atoms with Gasteiger partial charge in [0, 0.05) is 23.6 Å². The van der Waals surface area contributed by atoms with E-state index in [1.807, 2.05) is 0 Å². The van der Waals surface area contributed by atoms with Gasteiger partial charge in [-0.05, 0) is 50.2 Å². The van der Waals surface area contributed by atoms with Gasteiger partial charge in [0.2, 0.25) is 5.91 Å². The molecule has 2 rings (SSSR count). The lowest BCUT2D eigenvalue weighted by Gasteiger charge is -2.14. The van der Waals surface area contributed by atoms with Gasteiger partial charge in [0.1, 0.15) is 0 Å². The van der Waals surface area contributed by atoms with Gasteiger partial charge in [-0.3, -0.25) is 20.4 Å². The summed E-state index contributed by atoms with van der Waals surface area (Å²) in [5.41, 5.74) is 5.27. The summed E-state index contributed by atoms with van der Waals surface area (Å²) in [6, 6.07) is 6.47. The SMILES string of the molecule is Cl.O=C(CCN1CCCC1)NNC(=O)c1ccc(Cl)cc1. The van der Waals surface area contributed by atoms with Crippen molar-refractivity contribution in [2.24, 2.45) is 0 Å².